The number of aryl methyl sites for hydroxylation is 1. The molecule has 0 aliphatic carbocycles. The van der Waals surface area contributed by atoms with Crippen molar-refractivity contribution in [3.05, 3.63) is 36.5 Å². The predicted octanol–water partition coefficient (Wildman–Crippen LogP) is 2.63. The first kappa shape index (κ1) is 9.96. The van der Waals surface area contributed by atoms with E-state index in [0.29, 0.717) is 5.82 Å². The van der Waals surface area contributed by atoms with Crippen LogP contribution in [0.25, 0.3) is 22.2 Å². The molecule has 0 spiro atoms. The van der Waals surface area contributed by atoms with Crippen LogP contribution in [0.4, 0.5) is 5.82 Å². The highest BCUT2D eigenvalue weighted by atomic mass is 15.2. The van der Waals surface area contributed by atoms with Crippen LogP contribution in [0.3, 0.4) is 0 Å². The average Bonchev–Trinajstić information content (AvgIpc) is 2.94. The summed E-state index contributed by atoms with van der Waals surface area (Å²) in [5.74, 6) is 0.589. The van der Waals surface area contributed by atoms with E-state index in [1.807, 2.05) is 6.07 Å². The molecule has 3 N–H and O–H groups in total. The van der Waals surface area contributed by atoms with Gasteiger partial charge in [-0.1, -0.05) is 12.1 Å². The summed E-state index contributed by atoms with van der Waals surface area (Å²) in [5, 5.41) is 8.18. The molecule has 0 unspecified atom stereocenters. The number of nitrogens with one attached hydrogen (secondary N) is 1. The number of aromatic amines is 1. The first-order chi connectivity index (χ1) is 8.28. The number of nitrogens with zero attached hydrogens (tertiary/aromatic N) is 2. The van der Waals surface area contributed by atoms with Crippen LogP contribution in [0.5, 0.6) is 0 Å². The fraction of sp³-hybridized carbons (Fsp3) is 0.154. The Hall–Kier alpha value is -2.23. The Morgan fingerprint density at radius 3 is 2.88 bits per heavy atom. The minimum absolute atomic E-state index is 0.589. The van der Waals surface area contributed by atoms with Crippen LogP contribution in [-0.2, 0) is 6.54 Å². The number of anilines is 1. The molecule has 3 rings (SSSR count). The molecular weight excluding hydrogens is 212 g/mol. The standard InChI is InChI=1S/C13H14N4/c1-2-17-6-5-9-3-4-10(7-12(9)17)11-8-13(14)16-15-11/h3-8H,2H2,1H3,(H3,14,15,16). The third kappa shape index (κ3) is 1.58. The molecule has 0 amide bonds. The zero-order valence-corrected chi connectivity index (χ0v) is 9.64. The van der Waals surface area contributed by atoms with Crippen molar-refractivity contribution in [2.24, 2.45) is 0 Å². The molecule has 0 aliphatic rings. The Morgan fingerprint density at radius 2 is 2.18 bits per heavy atom. The average molecular weight is 226 g/mol. The highest BCUT2D eigenvalue weighted by Crippen LogP contribution is 2.24. The van der Waals surface area contributed by atoms with E-state index in [-0.39, 0.29) is 0 Å². The second-order valence-electron chi connectivity index (χ2n) is 4.08. The normalized spacial score (nSPS) is 11.1. The summed E-state index contributed by atoms with van der Waals surface area (Å²) in [6, 6.07) is 10.3. The number of nitrogens with two attached hydrogens (primary N) is 1. The van der Waals surface area contributed by atoms with Gasteiger partial charge in [0, 0.05) is 29.9 Å². The van der Waals surface area contributed by atoms with Gasteiger partial charge in [-0.05, 0) is 24.4 Å². The maximum absolute atomic E-state index is 5.64. The van der Waals surface area contributed by atoms with E-state index in [4.69, 9.17) is 5.73 Å². The van der Waals surface area contributed by atoms with E-state index < -0.39 is 0 Å². The second-order valence-corrected chi connectivity index (χ2v) is 4.08. The smallest absolute Gasteiger partial charge is 0.119 e. The first-order valence-electron chi connectivity index (χ1n) is 5.68. The van der Waals surface area contributed by atoms with Crippen molar-refractivity contribution in [3.8, 4) is 11.3 Å². The molecule has 86 valence electrons. The highest BCUT2D eigenvalue weighted by molar-refractivity contribution is 5.85. The van der Waals surface area contributed by atoms with Gasteiger partial charge >= 0.3 is 0 Å². The van der Waals surface area contributed by atoms with Gasteiger partial charge in [-0.25, -0.2) is 0 Å². The summed E-state index contributed by atoms with van der Waals surface area (Å²) >= 11 is 0. The van der Waals surface area contributed by atoms with Crippen LogP contribution in [0.1, 0.15) is 6.92 Å². The molecule has 1 aromatic carbocycles. The lowest BCUT2D eigenvalue weighted by molar-refractivity contribution is 0.798. The maximum atomic E-state index is 5.64. The molecule has 17 heavy (non-hydrogen) atoms. The van der Waals surface area contributed by atoms with Gasteiger partial charge in [-0.2, -0.15) is 5.10 Å². The SMILES string of the molecule is CCn1ccc2ccc(-c3cc(N)[nH]n3)cc21. The second kappa shape index (κ2) is 3.66. The van der Waals surface area contributed by atoms with Crippen LogP contribution in [0.2, 0.25) is 0 Å². The zero-order valence-electron chi connectivity index (χ0n) is 9.64. The number of fused-ring (bicyclic) bond motifs is 1. The fourth-order valence-corrected chi connectivity index (χ4v) is 2.10. The number of H-pyrrole nitrogens is 1. The van der Waals surface area contributed by atoms with Crippen LogP contribution >= 0.6 is 0 Å². The molecule has 0 radical (unpaired) electrons. The zero-order chi connectivity index (χ0) is 11.8. The van der Waals surface area contributed by atoms with Gasteiger partial charge in [-0.3, -0.25) is 5.10 Å². The van der Waals surface area contributed by atoms with Crippen molar-refractivity contribution >= 4 is 16.7 Å². The monoisotopic (exact) mass is 226 g/mol. The molecule has 0 atom stereocenters. The minimum Gasteiger partial charge on any atom is -0.384 e. The quantitative estimate of drug-likeness (QED) is 0.705. The van der Waals surface area contributed by atoms with Gasteiger partial charge < -0.3 is 10.3 Å². The molecule has 2 aromatic heterocycles. The number of benzene rings is 1. The van der Waals surface area contributed by atoms with Crippen molar-refractivity contribution < 1.29 is 0 Å². The van der Waals surface area contributed by atoms with E-state index in [9.17, 15) is 0 Å². The summed E-state index contributed by atoms with van der Waals surface area (Å²) in [7, 11) is 0. The van der Waals surface area contributed by atoms with Crippen molar-refractivity contribution in [1.82, 2.24) is 14.8 Å². The highest BCUT2D eigenvalue weighted by Gasteiger charge is 2.05. The van der Waals surface area contributed by atoms with E-state index >= 15 is 0 Å². The van der Waals surface area contributed by atoms with Gasteiger partial charge in [0.2, 0.25) is 0 Å². The molecular formula is C13H14N4. The summed E-state index contributed by atoms with van der Waals surface area (Å²) in [5.41, 5.74) is 8.83. The van der Waals surface area contributed by atoms with Gasteiger partial charge in [0.1, 0.15) is 5.82 Å². The van der Waals surface area contributed by atoms with E-state index in [1.165, 1.54) is 10.9 Å². The van der Waals surface area contributed by atoms with Gasteiger partial charge in [0.05, 0.1) is 5.69 Å². The number of hydrogen-bond acceptors (Lipinski definition) is 2. The molecule has 0 bridgehead atoms. The van der Waals surface area contributed by atoms with Gasteiger partial charge in [0.25, 0.3) is 0 Å². The van der Waals surface area contributed by atoms with Gasteiger partial charge in [0.15, 0.2) is 0 Å². The minimum atomic E-state index is 0.589. The van der Waals surface area contributed by atoms with Crippen molar-refractivity contribution in [2.75, 3.05) is 5.73 Å². The summed E-state index contributed by atoms with van der Waals surface area (Å²) in [6.07, 6.45) is 2.10. The first-order valence-corrected chi connectivity index (χ1v) is 5.68. The number of rotatable bonds is 2. The summed E-state index contributed by atoms with van der Waals surface area (Å²) in [4.78, 5) is 0. The van der Waals surface area contributed by atoms with Crippen LogP contribution in [0, 0.1) is 0 Å². The van der Waals surface area contributed by atoms with Crippen molar-refractivity contribution in [3.63, 3.8) is 0 Å². The Kier molecular flexibility index (Phi) is 2.14. The number of nitrogen functional groups attached to an aromatic ring is 1. The maximum Gasteiger partial charge on any atom is 0.119 e. The number of aromatic nitrogens is 3. The topological polar surface area (TPSA) is 59.6 Å². The lowest BCUT2D eigenvalue weighted by Gasteiger charge is -2.02. The Bertz CT molecular complexity index is 663. The van der Waals surface area contributed by atoms with Gasteiger partial charge in [-0.15, -0.1) is 0 Å². The molecule has 4 heteroatoms. The molecule has 4 nitrogen and oxygen atoms in total. The number of hydrogen-bond donors (Lipinski definition) is 2. The third-order valence-electron chi connectivity index (χ3n) is 3.01. The fourth-order valence-electron chi connectivity index (χ4n) is 2.10. The molecule has 0 saturated carbocycles. The summed E-state index contributed by atoms with van der Waals surface area (Å²) in [6.45, 7) is 3.11. The van der Waals surface area contributed by atoms with Crippen LogP contribution in [-0.4, -0.2) is 14.8 Å². The van der Waals surface area contributed by atoms with E-state index in [2.05, 4.69) is 52.2 Å². The third-order valence-corrected chi connectivity index (χ3v) is 3.01. The van der Waals surface area contributed by atoms with Crippen LogP contribution in [0.15, 0.2) is 36.5 Å². The predicted molar refractivity (Wildman–Crippen MR) is 69.6 cm³/mol. The molecule has 0 aliphatic heterocycles. The molecule has 0 fully saturated rings. The largest absolute Gasteiger partial charge is 0.384 e. The molecule has 3 aromatic rings. The Balaban J connectivity index is 2.18. The summed E-state index contributed by atoms with van der Waals surface area (Å²) < 4.78 is 2.22. The van der Waals surface area contributed by atoms with Crippen LogP contribution < -0.4 is 5.73 Å². The van der Waals surface area contributed by atoms with Crippen molar-refractivity contribution in [2.45, 2.75) is 13.5 Å². The molecule has 2 heterocycles. The van der Waals surface area contributed by atoms with E-state index in [0.717, 1.165) is 17.8 Å². The lowest BCUT2D eigenvalue weighted by atomic mass is 10.1. The Labute approximate surface area is 99.1 Å². The van der Waals surface area contributed by atoms with E-state index in [1.54, 1.807) is 0 Å². The van der Waals surface area contributed by atoms with Crippen molar-refractivity contribution in [1.29, 1.82) is 0 Å². The Morgan fingerprint density at radius 1 is 1.29 bits per heavy atom. The lowest BCUT2D eigenvalue weighted by Crippen LogP contribution is -1.90. The molecule has 0 saturated heterocycles.